The number of fused-ring (bicyclic) bond motifs is 1. The van der Waals surface area contributed by atoms with Crippen LogP contribution in [-0.4, -0.2) is 19.5 Å². The summed E-state index contributed by atoms with van der Waals surface area (Å²) >= 11 is 0. The van der Waals surface area contributed by atoms with Crippen molar-refractivity contribution in [2.45, 2.75) is 13.8 Å². The van der Waals surface area contributed by atoms with Crippen molar-refractivity contribution in [3.05, 3.63) is 35.7 Å². The van der Waals surface area contributed by atoms with E-state index in [9.17, 15) is 0 Å². The van der Waals surface area contributed by atoms with E-state index in [1.165, 1.54) is 11.1 Å². The highest BCUT2D eigenvalue weighted by Crippen LogP contribution is 2.22. The number of nitrogens with zero attached hydrogens (tertiary/aromatic N) is 4. The molecule has 0 amide bonds. The molecule has 0 spiro atoms. The molecule has 0 saturated carbocycles. The van der Waals surface area contributed by atoms with E-state index in [1.807, 2.05) is 10.6 Å². The highest BCUT2D eigenvalue weighted by Gasteiger charge is 2.09. The zero-order valence-corrected chi connectivity index (χ0v) is 11.3. The molecule has 0 radical (unpaired) electrons. The van der Waals surface area contributed by atoms with Gasteiger partial charge in [0.25, 0.3) is 0 Å². The lowest BCUT2D eigenvalue weighted by molar-refractivity contribution is 1.000. The van der Waals surface area contributed by atoms with E-state index in [1.54, 1.807) is 12.4 Å². The van der Waals surface area contributed by atoms with Crippen molar-refractivity contribution >= 4 is 22.8 Å². The van der Waals surface area contributed by atoms with Gasteiger partial charge in [-0.1, -0.05) is 0 Å². The number of imidazole rings is 1. The molecule has 102 valence electrons. The van der Waals surface area contributed by atoms with Gasteiger partial charge in [0.1, 0.15) is 18.0 Å². The molecule has 0 aliphatic rings. The normalized spacial score (nSPS) is 10.9. The van der Waals surface area contributed by atoms with E-state index >= 15 is 0 Å². The van der Waals surface area contributed by atoms with Crippen molar-refractivity contribution in [1.82, 2.24) is 19.5 Å². The minimum atomic E-state index is 0.154. The molecule has 7 nitrogen and oxygen atoms in total. The van der Waals surface area contributed by atoms with Crippen LogP contribution in [0.4, 0.5) is 11.8 Å². The summed E-state index contributed by atoms with van der Waals surface area (Å²) in [7, 11) is 0. The molecule has 1 aromatic carbocycles. The summed E-state index contributed by atoms with van der Waals surface area (Å²) < 4.78 is 1.86. The fourth-order valence-corrected chi connectivity index (χ4v) is 2.10. The molecule has 2 heterocycles. The Bertz CT molecular complexity index is 791. The highest BCUT2D eigenvalue weighted by atomic mass is 15.3. The number of anilines is 2. The molecule has 0 aliphatic heterocycles. The average Bonchev–Trinajstić information content (AvgIpc) is 2.81. The van der Waals surface area contributed by atoms with Crippen LogP contribution in [0, 0.1) is 13.8 Å². The van der Waals surface area contributed by atoms with Crippen molar-refractivity contribution in [2.24, 2.45) is 5.84 Å². The highest BCUT2D eigenvalue weighted by molar-refractivity contribution is 5.79. The number of benzene rings is 1. The smallest absolute Gasteiger partial charge is 0.224 e. The van der Waals surface area contributed by atoms with Crippen molar-refractivity contribution in [2.75, 3.05) is 11.2 Å². The van der Waals surface area contributed by atoms with E-state index in [-0.39, 0.29) is 5.95 Å². The Morgan fingerprint density at radius 3 is 2.60 bits per heavy atom. The maximum Gasteiger partial charge on any atom is 0.224 e. The lowest BCUT2D eigenvalue weighted by atomic mass is 10.1. The van der Waals surface area contributed by atoms with Crippen LogP contribution >= 0.6 is 0 Å². The van der Waals surface area contributed by atoms with Crippen LogP contribution in [-0.2, 0) is 0 Å². The maximum absolute atomic E-state index is 5.69. The Morgan fingerprint density at radius 1 is 1.10 bits per heavy atom. The van der Waals surface area contributed by atoms with Crippen molar-refractivity contribution < 1.29 is 0 Å². The molecular weight excluding hydrogens is 254 g/mol. The van der Waals surface area contributed by atoms with E-state index in [0.29, 0.717) is 11.6 Å². The largest absolute Gasteiger partial charge is 0.368 e. The summed E-state index contributed by atoms with van der Waals surface area (Å²) in [6, 6.07) is 5.84. The van der Waals surface area contributed by atoms with Crippen LogP contribution in [0.3, 0.4) is 0 Å². The summed E-state index contributed by atoms with van der Waals surface area (Å²) in [5.74, 6) is 6.61. The Labute approximate surface area is 115 Å². The van der Waals surface area contributed by atoms with Crippen LogP contribution in [0.15, 0.2) is 24.5 Å². The monoisotopic (exact) mass is 269 g/mol. The van der Waals surface area contributed by atoms with Gasteiger partial charge in [0.2, 0.25) is 5.95 Å². The standard InChI is InChI=1S/C13H15N7/c1-7-3-9-10(4-8(7)2)20(6-16-9)12-5-11(19-15)17-13(14)18-12/h3-6H,15H2,1-2H3,(H3,14,17,18,19). The number of nitrogens with one attached hydrogen (secondary N) is 1. The molecule has 7 heteroatoms. The number of hydrazine groups is 1. The third-order valence-electron chi connectivity index (χ3n) is 3.29. The molecule has 0 unspecified atom stereocenters. The molecule has 5 N–H and O–H groups in total. The first-order valence-electron chi connectivity index (χ1n) is 6.14. The molecule has 3 rings (SSSR count). The van der Waals surface area contributed by atoms with E-state index < -0.39 is 0 Å². The minimum Gasteiger partial charge on any atom is -0.368 e. The number of hydrogen-bond acceptors (Lipinski definition) is 6. The fraction of sp³-hybridized carbons (Fsp3) is 0.154. The molecule has 20 heavy (non-hydrogen) atoms. The Morgan fingerprint density at radius 2 is 1.85 bits per heavy atom. The number of aryl methyl sites for hydroxylation is 2. The van der Waals surface area contributed by atoms with Gasteiger partial charge in [-0.3, -0.25) is 4.57 Å². The van der Waals surface area contributed by atoms with Crippen LogP contribution in [0.2, 0.25) is 0 Å². The minimum absolute atomic E-state index is 0.154. The molecule has 0 bridgehead atoms. The number of aromatic nitrogens is 4. The fourth-order valence-electron chi connectivity index (χ4n) is 2.10. The van der Waals surface area contributed by atoms with E-state index in [0.717, 1.165) is 11.0 Å². The summed E-state index contributed by atoms with van der Waals surface area (Å²) in [6.07, 6.45) is 1.71. The summed E-state index contributed by atoms with van der Waals surface area (Å²) in [6.45, 7) is 4.13. The summed E-state index contributed by atoms with van der Waals surface area (Å²) in [5, 5.41) is 0. The lowest BCUT2D eigenvalue weighted by Gasteiger charge is -2.07. The van der Waals surface area contributed by atoms with Gasteiger partial charge < -0.3 is 11.2 Å². The van der Waals surface area contributed by atoms with Gasteiger partial charge in [0.05, 0.1) is 11.0 Å². The van der Waals surface area contributed by atoms with Gasteiger partial charge in [-0.15, -0.1) is 0 Å². The van der Waals surface area contributed by atoms with E-state index in [4.69, 9.17) is 11.6 Å². The Kier molecular flexibility index (Phi) is 2.76. The van der Waals surface area contributed by atoms with Gasteiger partial charge in [0, 0.05) is 6.07 Å². The second-order valence-electron chi connectivity index (χ2n) is 4.65. The second kappa shape index (κ2) is 4.46. The SMILES string of the molecule is Cc1cc2ncn(-c3cc(NN)nc(N)n3)c2cc1C. The zero-order chi connectivity index (χ0) is 14.3. The van der Waals surface area contributed by atoms with Gasteiger partial charge in [0.15, 0.2) is 0 Å². The third-order valence-corrected chi connectivity index (χ3v) is 3.29. The molecule has 0 saturated heterocycles. The predicted molar refractivity (Wildman–Crippen MR) is 78.4 cm³/mol. The molecular formula is C13H15N7. The van der Waals surface area contributed by atoms with Gasteiger partial charge in [-0.25, -0.2) is 10.8 Å². The molecule has 0 fully saturated rings. The lowest BCUT2D eigenvalue weighted by Crippen LogP contribution is -2.12. The maximum atomic E-state index is 5.69. The first-order valence-corrected chi connectivity index (χ1v) is 6.14. The topological polar surface area (TPSA) is 108 Å². The Balaban J connectivity index is 2.24. The molecule has 0 aliphatic carbocycles. The Hall–Kier alpha value is -2.67. The first kappa shape index (κ1) is 12.4. The number of hydrogen-bond donors (Lipinski definition) is 3. The molecule has 2 aromatic heterocycles. The van der Waals surface area contributed by atoms with Gasteiger partial charge in [-0.2, -0.15) is 9.97 Å². The second-order valence-corrected chi connectivity index (χ2v) is 4.65. The van der Waals surface area contributed by atoms with Crippen LogP contribution in [0.25, 0.3) is 16.9 Å². The predicted octanol–water partition coefficient (Wildman–Crippen LogP) is 1.30. The van der Waals surface area contributed by atoms with Crippen molar-refractivity contribution in [3.63, 3.8) is 0 Å². The van der Waals surface area contributed by atoms with Crippen LogP contribution in [0.5, 0.6) is 0 Å². The van der Waals surface area contributed by atoms with Crippen molar-refractivity contribution in [3.8, 4) is 5.82 Å². The van der Waals surface area contributed by atoms with Crippen LogP contribution < -0.4 is 17.0 Å². The van der Waals surface area contributed by atoms with E-state index in [2.05, 4.69) is 40.3 Å². The summed E-state index contributed by atoms with van der Waals surface area (Å²) in [4.78, 5) is 12.6. The zero-order valence-electron chi connectivity index (χ0n) is 11.3. The summed E-state index contributed by atoms with van der Waals surface area (Å²) in [5.41, 5.74) is 12.4. The van der Waals surface area contributed by atoms with Crippen molar-refractivity contribution in [1.29, 1.82) is 0 Å². The van der Waals surface area contributed by atoms with Crippen LogP contribution in [0.1, 0.15) is 11.1 Å². The third kappa shape index (κ3) is 1.94. The number of nitrogen functional groups attached to an aromatic ring is 2. The average molecular weight is 269 g/mol. The first-order chi connectivity index (χ1) is 9.58. The number of rotatable bonds is 2. The quantitative estimate of drug-likeness (QED) is 0.478. The molecule has 3 aromatic rings. The molecule has 0 atom stereocenters. The van der Waals surface area contributed by atoms with Gasteiger partial charge in [-0.05, 0) is 37.1 Å². The van der Waals surface area contributed by atoms with Gasteiger partial charge >= 0.3 is 0 Å². The number of nitrogens with two attached hydrogens (primary N) is 2.